The number of benzene rings is 1. The van der Waals surface area contributed by atoms with Crippen LogP contribution in [0.5, 0.6) is 5.75 Å². The lowest BCUT2D eigenvalue weighted by Crippen LogP contribution is -2.09. The molecule has 1 aromatic carbocycles. The van der Waals surface area contributed by atoms with Crippen molar-refractivity contribution in [3.8, 4) is 5.75 Å². The van der Waals surface area contributed by atoms with Gasteiger partial charge in [-0.1, -0.05) is 18.1 Å². The molecule has 1 aliphatic rings. The summed E-state index contributed by atoms with van der Waals surface area (Å²) in [5.41, 5.74) is 2.20. The second-order valence-corrected chi connectivity index (χ2v) is 5.41. The highest BCUT2D eigenvalue weighted by Gasteiger charge is 2.18. The van der Waals surface area contributed by atoms with E-state index < -0.39 is 0 Å². The molecule has 0 unspecified atom stereocenters. The fourth-order valence-corrected chi connectivity index (χ4v) is 2.65. The zero-order valence-electron chi connectivity index (χ0n) is 12.2. The van der Waals surface area contributed by atoms with E-state index in [1.54, 1.807) is 0 Å². The third-order valence-corrected chi connectivity index (χ3v) is 3.74. The molecular formula is C16H20N2O3. The van der Waals surface area contributed by atoms with Crippen molar-refractivity contribution in [2.45, 2.75) is 51.7 Å². The minimum Gasteiger partial charge on any atom is -0.485 e. The molecule has 0 saturated carbocycles. The van der Waals surface area contributed by atoms with E-state index >= 15 is 0 Å². The predicted octanol–water partition coefficient (Wildman–Crippen LogP) is 2.97. The average Bonchev–Trinajstić information content (AvgIpc) is 2.94. The van der Waals surface area contributed by atoms with Crippen LogP contribution in [-0.4, -0.2) is 15.2 Å². The maximum absolute atomic E-state index is 10.0. The maximum atomic E-state index is 10.0. The normalized spacial score (nSPS) is 17.5. The largest absolute Gasteiger partial charge is 0.485 e. The van der Waals surface area contributed by atoms with Gasteiger partial charge in [0.05, 0.1) is 6.10 Å². The van der Waals surface area contributed by atoms with Gasteiger partial charge >= 0.3 is 0 Å². The van der Waals surface area contributed by atoms with E-state index in [0.717, 1.165) is 43.4 Å². The van der Waals surface area contributed by atoms with E-state index in [-0.39, 0.29) is 12.7 Å². The second kappa shape index (κ2) is 6.26. The van der Waals surface area contributed by atoms with Gasteiger partial charge in [-0.2, -0.15) is 4.98 Å². The Morgan fingerprint density at radius 2 is 2.33 bits per heavy atom. The van der Waals surface area contributed by atoms with Crippen molar-refractivity contribution >= 4 is 0 Å². The van der Waals surface area contributed by atoms with Crippen molar-refractivity contribution in [3.05, 3.63) is 41.0 Å². The number of aryl methyl sites for hydroxylation is 2. The molecule has 0 aliphatic heterocycles. The summed E-state index contributed by atoms with van der Waals surface area (Å²) in [4.78, 5) is 4.27. The smallest absolute Gasteiger partial charge is 0.226 e. The quantitative estimate of drug-likeness (QED) is 0.916. The summed E-state index contributed by atoms with van der Waals surface area (Å²) >= 11 is 0. The fraction of sp³-hybridized carbons (Fsp3) is 0.500. The molecule has 5 heteroatoms. The first-order valence-electron chi connectivity index (χ1n) is 7.51. The van der Waals surface area contributed by atoms with Gasteiger partial charge in [-0.3, -0.25) is 0 Å². The molecule has 1 N–H and O–H groups in total. The van der Waals surface area contributed by atoms with E-state index in [4.69, 9.17) is 9.26 Å². The first-order valence-corrected chi connectivity index (χ1v) is 7.51. The highest BCUT2D eigenvalue weighted by Crippen LogP contribution is 2.32. The minimum absolute atomic E-state index is 0.280. The summed E-state index contributed by atoms with van der Waals surface area (Å²) in [6, 6.07) is 5.89. The molecule has 1 atom stereocenters. The van der Waals surface area contributed by atoms with E-state index in [2.05, 4.69) is 17.1 Å². The van der Waals surface area contributed by atoms with Gasteiger partial charge in [0.25, 0.3) is 0 Å². The van der Waals surface area contributed by atoms with Crippen molar-refractivity contribution in [2.75, 3.05) is 0 Å². The SMILES string of the molecule is CCCc1nc(COc2ccc3c(c2)[C@@H](O)CCC3)no1. The topological polar surface area (TPSA) is 68.4 Å². The molecule has 1 heterocycles. The zero-order valence-corrected chi connectivity index (χ0v) is 12.2. The van der Waals surface area contributed by atoms with Gasteiger partial charge < -0.3 is 14.4 Å². The average molecular weight is 288 g/mol. The van der Waals surface area contributed by atoms with Crippen molar-refractivity contribution < 1.29 is 14.4 Å². The highest BCUT2D eigenvalue weighted by atomic mass is 16.5. The standard InChI is InChI=1S/C16H20N2O3/c1-2-4-16-17-15(18-21-16)10-20-12-8-7-11-5-3-6-14(19)13(11)9-12/h7-9,14,19H,2-6,10H2,1H3/t14-/m0/s1. The van der Waals surface area contributed by atoms with Crippen molar-refractivity contribution in [1.82, 2.24) is 10.1 Å². The number of aliphatic hydroxyl groups is 1. The monoisotopic (exact) mass is 288 g/mol. The Kier molecular flexibility index (Phi) is 4.20. The molecule has 1 aromatic heterocycles. The van der Waals surface area contributed by atoms with Gasteiger partial charge in [0.15, 0.2) is 6.61 Å². The Morgan fingerprint density at radius 1 is 1.43 bits per heavy atom. The molecule has 112 valence electrons. The lowest BCUT2D eigenvalue weighted by Gasteiger charge is -2.21. The van der Waals surface area contributed by atoms with Crippen LogP contribution in [0.15, 0.2) is 22.7 Å². The Labute approximate surface area is 123 Å². The molecule has 0 radical (unpaired) electrons. The van der Waals surface area contributed by atoms with Crippen molar-refractivity contribution in [3.63, 3.8) is 0 Å². The van der Waals surface area contributed by atoms with Crippen LogP contribution in [-0.2, 0) is 19.4 Å². The third kappa shape index (κ3) is 3.24. The lowest BCUT2D eigenvalue weighted by atomic mass is 9.89. The van der Waals surface area contributed by atoms with Crippen LogP contribution in [0.2, 0.25) is 0 Å². The summed E-state index contributed by atoms with van der Waals surface area (Å²) in [7, 11) is 0. The summed E-state index contributed by atoms with van der Waals surface area (Å²) in [6.45, 7) is 2.35. The maximum Gasteiger partial charge on any atom is 0.226 e. The summed E-state index contributed by atoms with van der Waals surface area (Å²) in [5.74, 6) is 1.94. The van der Waals surface area contributed by atoms with Gasteiger partial charge in [0, 0.05) is 6.42 Å². The first-order chi connectivity index (χ1) is 10.3. The Balaban J connectivity index is 1.66. The summed E-state index contributed by atoms with van der Waals surface area (Å²) in [6.07, 6.45) is 4.28. The Hall–Kier alpha value is -1.88. The van der Waals surface area contributed by atoms with Crippen LogP contribution in [0.25, 0.3) is 0 Å². The van der Waals surface area contributed by atoms with Crippen LogP contribution in [0, 0.1) is 0 Å². The number of ether oxygens (including phenoxy) is 1. The van der Waals surface area contributed by atoms with E-state index in [1.807, 2.05) is 18.2 Å². The van der Waals surface area contributed by atoms with E-state index in [1.165, 1.54) is 5.56 Å². The summed E-state index contributed by atoms with van der Waals surface area (Å²) < 4.78 is 10.8. The van der Waals surface area contributed by atoms with Crippen LogP contribution in [0.1, 0.15) is 55.1 Å². The number of hydrogen-bond acceptors (Lipinski definition) is 5. The van der Waals surface area contributed by atoms with Crippen molar-refractivity contribution in [1.29, 1.82) is 0 Å². The highest BCUT2D eigenvalue weighted by molar-refractivity contribution is 5.38. The number of fused-ring (bicyclic) bond motifs is 1. The second-order valence-electron chi connectivity index (χ2n) is 5.41. The molecule has 1 aliphatic carbocycles. The molecule has 3 rings (SSSR count). The first kappa shape index (κ1) is 14.1. The van der Waals surface area contributed by atoms with E-state index in [9.17, 15) is 5.11 Å². The predicted molar refractivity (Wildman–Crippen MR) is 77.0 cm³/mol. The van der Waals surface area contributed by atoms with Gasteiger partial charge in [0.1, 0.15) is 5.75 Å². The molecular weight excluding hydrogens is 268 g/mol. The van der Waals surface area contributed by atoms with Crippen molar-refractivity contribution in [2.24, 2.45) is 0 Å². The molecule has 5 nitrogen and oxygen atoms in total. The number of rotatable bonds is 5. The molecule has 0 amide bonds. The third-order valence-electron chi connectivity index (χ3n) is 3.74. The Bertz CT molecular complexity index is 609. The molecule has 0 spiro atoms. The van der Waals surface area contributed by atoms with Gasteiger partial charge in [-0.25, -0.2) is 0 Å². The number of nitrogens with zero attached hydrogens (tertiary/aromatic N) is 2. The van der Waals surface area contributed by atoms with Gasteiger partial charge in [-0.05, 0) is 48.9 Å². The van der Waals surface area contributed by atoms with Crippen LogP contribution in [0.3, 0.4) is 0 Å². The molecule has 2 aromatic rings. The summed E-state index contributed by atoms with van der Waals surface area (Å²) in [5, 5.41) is 13.9. The lowest BCUT2D eigenvalue weighted by molar-refractivity contribution is 0.156. The number of aromatic nitrogens is 2. The zero-order chi connectivity index (χ0) is 14.7. The van der Waals surface area contributed by atoms with Crippen LogP contribution < -0.4 is 4.74 Å². The number of hydrogen-bond donors (Lipinski definition) is 1. The molecule has 0 saturated heterocycles. The Morgan fingerprint density at radius 3 is 3.19 bits per heavy atom. The molecule has 21 heavy (non-hydrogen) atoms. The number of aliphatic hydroxyl groups excluding tert-OH is 1. The molecule has 0 fully saturated rings. The van der Waals surface area contributed by atoms with Gasteiger partial charge in [-0.15, -0.1) is 0 Å². The van der Waals surface area contributed by atoms with E-state index in [0.29, 0.717) is 11.7 Å². The van der Waals surface area contributed by atoms with Crippen LogP contribution >= 0.6 is 0 Å². The van der Waals surface area contributed by atoms with Gasteiger partial charge in [0.2, 0.25) is 11.7 Å². The minimum atomic E-state index is -0.376. The molecule has 0 bridgehead atoms. The fourth-order valence-electron chi connectivity index (χ4n) is 2.65. The van der Waals surface area contributed by atoms with Crippen LogP contribution in [0.4, 0.5) is 0 Å².